The average Bonchev–Trinajstić information content (AvgIpc) is 3.52. The first-order valence-corrected chi connectivity index (χ1v) is 10.7. The highest BCUT2D eigenvalue weighted by atomic mass is 16.3. The number of carbonyl (C=O) groups is 1. The third-order valence-corrected chi connectivity index (χ3v) is 5.30. The van der Waals surface area contributed by atoms with E-state index in [-0.39, 0.29) is 23.8 Å². The van der Waals surface area contributed by atoms with Gasteiger partial charge < -0.3 is 21.1 Å². The fraction of sp³-hybridized carbons (Fsp3) is 0.261. The van der Waals surface area contributed by atoms with E-state index in [9.17, 15) is 14.7 Å². The Kier molecular flexibility index (Phi) is 6.22. The quantitative estimate of drug-likeness (QED) is 0.371. The molecule has 0 radical (unpaired) electrons. The van der Waals surface area contributed by atoms with Crippen LogP contribution in [-0.4, -0.2) is 56.4 Å². The summed E-state index contributed by atoms with van der Waals surface area (Å²) in [5.74, 6) is 2.63. The maximum atomic E-state index is 12.8. The minimum Gasteiger partial charge on any atom is -0.396 e. The maximum absolute atomic E-state index is 12.8. The Labute approximate surface area is 196 Å². The lowest BCUT2D eigenvalue weighted by molar-refractivity contribution is 0.0912. The van der Waals surface area contributed by atoms with Crippen molar-refractivity contribution in [3.05, 3.63) is 72.1 Å². The molecular formula is C23H26N8O3. The topological polar surface area (TPSA) is 129 Å². The third kappa shape index (κ3) is 4.42. The molecule has 1 aliphatic rings. The number of rotatable bonds is 8. The predicted molar refractivity (Wildman–Crippen MR) is 128 cm³/mol. The van der Waals surface area contributed by atoms with Gasteiger partial charge in [0, 0.05) is 50.3 Å². The zero-order valence-electron chi connectivity index (χ0n) is 19.1. The van der Waals surface area contributed by atoms with Gasteiger partial charge in [0.15, 0.2) is 17.3 Å². The van der Waals surface area contributed by atoms with Crippen molar-refractivity contribution in [3.63, 3.8) is 0 Å². The number of nitrogens with zero attached hydrogens (tertiary/aromatic N) is 5. The normalized spacial score (nSPS) is 13.6. The van der Waals surface area contributed by atoms with Crippen LogP contribution in [0.5, 0.6) is 0 Å². The summed E-state index contributed by atoms with van der Waals surface area (Å²) in [5, 5.41) is 24.4. The summed E-state index contributed by atoms with van der Waals surface area (Å²) < 4.78 is 3.27. The number of nitrogens with one attached hydrogen (secondary N) is 3. The van der Waals surface area contributed by atoms with Crippen molar-refractivity contribution in [2.75, 3.05) is 35.8 Å². The molecule has 3 aromatic rings. The maximum Gasteiger partial charge on any atom is 0.256 e. The molecule has 4 heterocycles. The molecule has 0 spiro atoms. The Morgan fingerprint density at radius 1 is 1.26 bits per heavy atom. The van der Waals surface area contributed by atoms with Crippen molar-refractivity contribution in [1.29, 1.82) is 0 Å². The second-order valence-corrected chi connectivity index (χ2v) is 8.48. The van der Waals surface area contributed by atoms with Crippen LogP contribution in [0.25, 0.3) is 5.65 Å². The van der Waals surface area contributed by atoms with Crippen LogP contribution in [0.3, 0.4) is 0 Å². The van der Waals surface area contributed by atoms with E-state index >= 15 is 0 Å². The van der Waals surface area contributed by atoms with Crippen molar-refractivity contribution in [1.82, 2.24) is 24.6 Å². The van der Waals surface area contributed by atoms with Crippen LogP contribution in [0, 0.1) is 5.41 Å². The molecule has 0 atom stereocenters. The standard InChI is InChI=1S/C23H26N8O3/c1-23(2,15-33)14-25-22(34)16-12-26-31-20(24-3)11-19(28-21(16)31)27-17-7-6-10-30(18(17)13-32)29-8-4-5-9-29/h4-12,24,33H,14-15H2,1-3H3,(H,25,34)(H,27,28). The number of hydrogen-bond acceptors (Lipinski definition) is 8. The number of carbonyl (C=O) groups excluding carboxylic acids is 2. The summed E-state index contributed by atoms with van der Waals surface area (Å²) in [5.41, 5.74) is 0.911. The molecule has 4 N–H and O–H groups in total. The Morgan fingerprint density at radius 3 is 2.71 bits per heavy atom. The largest absolute Gasteiger partial charge is 0.396 e. The summed E-state index contributed by atoms with van der Waals surface area (Å²) in [6.07, 6.45) is 10.3. The van der Waals surface area contributed by atoms with E-state index in [2.05, 4.69) is 26.0 Å². The molecule has 1 amide bonds. The number of anilines is 2. The van der Waals surface area contributed by atoms with E-state index in [0.717, 1.165) is 0 Å². The minimum atomic E-state index is -0.459. The smallest absolute Gasteiger partial charge is 0.256 e. The van der Waals surface area contributed by atoms with Crippen molar-refractivity contribution in [3.8, 4) is 0 Å². The Morgan fingerprint density at radius 2 is 2.03 bits per heavy atom. The number of fused-ring (bicyclic) bond motifs is 1. The van der Waals surface area contributed by atoms with Crippen LogP contribution in [0.15, 0.2) is 66.5 Å². The highest BCUT2D eigenvalue weighted by molar-refractivity contribution is 6.00. The first kappa shape index (κ1) is 22.8. The summed E-state index contributed by atoms with van der Waals surface area (Å²) in [6, 6.07) is 5.42. The van der Waals surface area contributed by atoms with Crippen LogP contribution in [-0.2, 0) is 4.79 Å². The molecule has 0 bridgehead atoms. The van der Waals surface area contributed by atoms with Crippen molar-refractivity contribution >= 4 is 29.1 Å². The highest BCUT2D eigenvalue weighted by Crippen LogP contribution is 2.24. The van der Waals surface area contributed by atoms with Crippen LogP contribution in [0.4, 0.5) is 11.6 Å². The molecule has 11 heteroatoms. The van der Waals surface area contributed by atoms with Crippen LogP contribution < -0.4 is 21.0 Å². The molecule has 34 heavy (non-hydrogen) atoms. The zero-order valence-corrected chi connectivity index (χ0v) is 19.1. The summed E-state index contributed by atoms with van der Waals surface area (Å²) >= 11 is 0. The molecule has 0 unspecified atom stereocenters. The van der Waals surface area contributed by atoms with Crippen molar-refractivity contribution < 1.29 is 14.7 Å². The van der Waals surface area contributed by atoms with E-state index in [4.69, 9.17) is 0 Å². The highest BCUT2D eigenvalue weighted by Gasteiger charge is 2.23. The van der Waals surface area contributed by atoms with Gasteiger partial charge in [0.1, 0.15) is 17.2 Å². The van der Waals surface area contributed by atoms with Gasteiger partial charge in [-0.1, -0.05) is 13.8 Å². The van der Waals surface area contributed by atoms with Crippen LogP contribution in [0.1, 0.15) is 24.2 Å². The molecule has 0 aromatic carbocycles. The van der Waals surface area contributed by atoms with Crippen LogP contribution in [0.2, 0.25) is 0 Å². The number of aliphatic hydroxyl groups excluding tert-OH is 1. The molecule has 0 saturated heterocycles. The molecule has 0 saturated carbocycles. The average molecular weight is 463 g/mol. The lowest BCUT2D eigenvalue weighted by atomic mass is 9.95. The van der Waals surface area contributed by atoms with Crippen LogP contribution >= 0.6 is 0 Å². The fourth-order valence-corrected chi connectivity index (χ4v) is 3.34. The van der Waals surface area contributed by atoms with Gasteiger partial charge in [-0.3, -0.25) is 9.47 Å². The van der Waals surface area contributed by atoms with E-state index in [1.807, 2.05) is 44.3 Å². The van der Waals surface area contributed by atoms with Gasteiger partial charge in [0.05, 0.1) is 11.9 Å². The monoisotopic (exact) mass is 462 g/mol. The second-order valence-electron chi connectivity index (χ2n) is 8.48. The van der Waals surface area contributed by atoms with Crippen molar-refractivity contribution in [2.24, 2.45) is 5.41 Å². The van der Waals surface area contributed by atoms with Gasteiger partial charge in [-0.15, -0.1) is 0 Å². The third-order valence-electron chi connectivity index (χ3n) is 5.30. The number of aromatic nitrogens is 4. The molecule has 176 valence electrons. The van der Waals surface area contributed by atoms with E-state index in [1.54, 1.807) is 41.2 Å². The second kappa shape index (κ2) is 9.26. The molecule has 11 nitrogen and oxygen atoms in total. The van der Waals surface area contributed by atoms with E-state index in [1.165, 1.54) is 10.7 Å². The molecular weight excluding hydrogens is 436 g/mol. The predicted octanol–water partition coefficient (Wildman–Crippen LogP) is 1.50. The number of aliphatic hydroxyl groups is 1. The lowest BCUT2D eigenvalue weighted by Gasteiger charge is -2.26. The van der Waals surface area contributed by atoms with Gasteiger partial charge in [0.2, 0.25) is 0 Å². The molecule has 4 rings (SSSR count). The SMILES string of the molecule is CNc1cc(NC2=CC=CN(n3cccc3)C2=C=O)nc2c(C(=O)NCC(C)(C)CO)cnn12. The Hall–Kier alpha value is -4.34. The Bertz CT molecular complexity index is 1310. The van der Waals surface area contributed by atoms with E-state index < -0.39 is 5.41 Å². The summed E-state index contributed by atoms with van der Waals surface area (Å²) in [7, 11) is 1.73. The number of amides is 1. The zero-order chi connectivity index (χ0) is 24.3. The Balaban J connectivity index is 1.65. The van der Waals surface area contributed by atoms with Crippen molar-refractivity contribution in [2.45, 2.75) is 13.8 Å². The molecule has 3 aromatic heterocycles. The van der Waals surface area contributed by atoms with Gasteiger partial charge >= 0.3 is 0 Å². The van der Waals surface area contributed by atoms with Gasteiger partial charge in [0.25, 0.3) is 5.91 Å². The fourth-order valence-electron chi connectivity index (χ4n) is 3.34. The number of allylic oxidation sites excluding steroid dienone is 2. The van der Waals surface area contributed by atoms with Gasteiger partial charge in [-0.25, -0.2) is 14.8 Å². The first-order chi connectivity index (χ1) is 16.4. The molecule has 0 aliphatic carbocycles. The lowest BCUT2D eigenvalue weighted by Crippen LogP contribution is -2.36. The van der Waals surface area contributed by atoms with E-state index in [0.29, 0.717) is 29.5 Å². The number of hydrogen-bond donors (Lipinski definition) is 4. The summed E-state index contributed by atoms with van der Waals surface area (Å²) in [6.45, 7) is 3.93. The molecule has 1 aliphatic heterocycles. The summed E-state index contributed by atoms with van der Waals surface area (Å²) in [4.78, 5) is 29.3. The van der Waals surface area contributed by atoms with Gasteiger partial charge in [-0.05, 0) is 24.3 Å². The first-order valence-electron chi connectivity index (χ1n) is 10.7. The molecule has 0 fully saturated rings. The minimum absolute atomic E-state index is 0.0611. The van der Waals surface area contributed by atoms with Gasteiger partial charge in [-0.2, -0.15) is 9.61 Å².